The van der Waals surface area contributed by atoms with Gasteiger partial charge in [0.1, 0.15) is 23.7 Å². The number of carbonyl (C=O) groups is 4. The average molecular weight is 741 g/mol. The molecule has 0 bridgehead atoms. The third kappa shape index (κ3) is 15.6. The SMILES string of the molecule is CCCCCCOc1ccc(C(=O)OOC(=O)OC2CCC(CC3CCC(OC(=O)OOC(=O)c4ccc(OCCCCCC)cc4)CC3)CC2)cc1. The summed E-state index contributed by atoms with van der Waals surface area (Å²) < 4.78 is 22.1. The zero-order valence-corrected chi connectivity index (χ0v) is 31.3. The van der Waals surface area contributed by atoms with Crippen LogP contribution >= 0.6 is 0 Å². The quantitative estimate of drug-likeness (QED) is 0.0621. The van der Waals surface area contributed by atoms with Crippen molar-refractivity contribution in [1.82, 2.24) is 0 Å². The fourth-order valence-corrected chi connectivity index (χ4v) is 6.81. The van der Waals surface area contributed by atoms with Crippen LogP contribution < -0.4 is 9.47 Å². The number of hydrogen-bond acceptors (Lipinski definition) is 12. The Morgan fingerprint density at radius 3 is 1.23 bits per heavy atom. The van der Waals surface area contributed by atoms with Crippen molar-refractivity contribution in [3.05, 3.63) is 59.7 Å². The Morgan fingerprint density at radius 2 is 0.868 bits per heavy atom. The van der Waals surface area contributed by atoms with Crippen LogP contribution in [0.3, 0.4) is 0 Å². The van der Waals surface area contributed by atoms with Crippen LogP contribution in [0.5, 0.6) is 11.5 Å². The van der Waals surface area contributed by atoms with E-state index >= 15 is 0 Å². The Bertz CT molecular complexity index is 1270. The van der Waals surface area contributed by atoms with E-state index in [1.54, 1.807) is 48.5 Å². The molecule has 292 valence electrons. The average Bonchev–Trinajstić information content (AvgIpc) is 3.18. The summed E-state index contributed by atoms with van der Waals surface area (Å²) in [7, 11) is 0. The highest BCUT2D eigenvalue weighted by molar-refractivity contribution is 5.90. The van der Waals surface area contributed by atoms with Crippen molar-refractivity contribution in [2.45, 2.75) is 135 Å². The molecule has 12 heteroatoms. The Kier molecular flexibility index (Phi) is 18.1. The molecule has 0 aromatic heterocycles. The Labute approximate surface area is 312 Å². The molecule has 2 aliphatic rings. The number of hydrogen-bond donors (Lipinski definition) is 0. The summed E-state index contributed by atoms with van der Waals surface area (Å²) in [4.78, 5) is 67.6. The zero-order valence-electron chi connectivity index (χ0n) is 31.3. The first-order valence-electron chi connectivity index (χ1n) is 19.5. The van der Waals surface area contributed by atoms with E-state index in [2.05, 4.69) is 23.6 Å². The smallest absolute Gasteiger partial charge is 0.494 e. The highest BCUT2D eigenvalue weighted by atomic mass is 17.2. The van der Waals surface area contributed by atoms with E-state index in [0.29, 0.717) is 62.2 Å². The van der Waals surface area contributed by atoms with Crippen LogP contribution in [0, 0.1) is 11.8 Å². The van der Waals surface area contributed by atoms with E-state index in [0.717, 1.165) is 70.6 Å². The van der Waals surface area contributed by atoms with Gasteiger partial charge in [-0.3, -0.25) is 0 Å². The number of rotatable bonds is 18. The lowest BCUT2D eigenvalue weighted by Crippen LogP contribution is -2.28. The van der Waals surface area contributed by atoms with Gasteiger partial charge < -0.3 is 18.9 Å². The normalized spacial score (nSPS) is 19.7. The molecule has 0 N–H and O–H groups in total. The zero-order chi connectivity index (χ0) is 37.7. The van der Waals surface area contributed by atoms with Gasteiger partial charge in [-0.1, -0.05) is 52.4 Å². The van der Waals surface area contributed by atoms with Crippen LogP contribution in [-0.4, -0.2) is 49.7 Å². The summed E-state index contributed by atoms with van der Waals surface area (Å²) >= 11 is 0. The number of unbranched alkanes of at least 4 members (excludes halogenated alkanes) is 6. The minimum atomic E-state index is -1.03. The number of carbonyl (C=O) groups excluding carboxylic acids is 4. The summed E-state index contributed by atoms with van der Waals surface area (Å²) in [5.41, 5.74) is 0.463. The van der Waals surface area contributed by atoms with Crippen LogP contribution in [0.25, 0.3) is 0 Å². The maximum atomic E-state index is 12.3. The maximum absolute atomic E-state index is 12.3. The van der Waals surface area contributed by atoms with Crippen LogP contribution in [0.1, 0.15) is 144 Å². The minimum absolute atomic E-state index is 0.231. The third-order valence-electron chi connectivity index (χ3n) is 9.86. The predicted molar refractivity (Wildman–Crippen MR) is 194 cm³/mol. The topological polar surface area (TPSA) is 142 Å². The lowest BCUT2D eigenvalue weighted by molar-refractivity contribution is -0.208. The van der Waals surface area contributed by atoms with Crippen molar-refractivity contribution in [2.75, 3.05) is 13.2 Å². The molecule has 2 aliphatic carbocycles. The van der Waals surface area contributed by atoms with Gasteiger partial charge in [-0.15, -0.1) is 0 Å². The predicted octanol–water partition coefficient (Wildman–Crippen LogP) is 10.3. The largest absolute Gasteiger partial charge is 0.550 e. The standard InChI is InChI=1S/C41H56O12/c1-3-5-7-9-27-46-34-23-15-32(16-24-34)38(42)50-52-40(44)48-36-19-11-30(12-20-36)29-31-13-21-37(22-14-31)49-41(45)53-51-39(43)33-17-25-35(26-18-33)47-28-10-8-6-4-2/h15-18,23-26,30-31,36-37H,3-14,19-22,27-29H2,1-2H3. The molecule has 2 aromatic carbocycles. The minimum Gasteiger partial charge on any atom is -0.494 e. The van der Waals surface area contributed by atoms with Gasteiger partial charge in [0.25, 0.3) is 0 Å². The number of ether oxygens (including phenoxy) is 4. The van der Waals surface area contributed by atoms with Crippen molar-refractivity contribution < 1.29 is 57.7 Å². The molecular formula is C41H56O12. The van der Waals surface area contributed by atoms with Gasteiger partial charge in [-0.05, 0) is 131 Å². The highest BCUT2D eigenvalue weighted by Gasteiger charge is 2.30. The van der Waals surface area contributed by atoms with Gasteiger partial charge in [-0.2, -0.15) is 9.59 Å². The fourth-order valence-electron chi connectivity index (χ4n) is 6.81. The van der Waals surface area contributed by atoms with Gasteiger partial charge in [-0.25, -0.2) is 29.1 Å². The van der Waals surface area contributed by atoms with Crippen molar-refractivity contribution in [1.29, 1.82) is 0 Å². The first-order valence-corrected chi connectivity index (χ1v) is 19.5. The molecular weight excluding hydrogens is 684 g/mol. The Morgan fingerprint density at radius 1 is 0.491 bits per heavy atom. The van der Waals surface area contributed by atoms with E-state index in [1.807, 2.05) is 0 Å². The molecule has 2 fully saturated rings. The molecule has 4 rings (SSSR count). The molecule has 0 spiro atoms. The van der Waals surface area contributed by atoms with Gasteiger partial charge in [0.2, 0.25) is 0 Å². The van der Waals surface area contributed by atoms with Crippen molar-refractivity contribution in [3.63, 3.8) is 0 Å². The van der Waals surface area contributed by atoms with Crippen molar-refractivity contribution in [3.8, 4) is 11.5 Å². The van der Waals surface area contributed by atoms with E-state index < -0.39 is 24.2 Å². The van der Waals surface area contributed by atoms with Gasteiger partial charge in [0.15, 0.2) is 0 Å². The number of benzene rings is 2. The lowest BCUT2D eigenvalue weighted by Gasteiger charge is -2.33. The summed E-state index contributed by atoms with van der Waals surface area (Å²) in [6, 6.07) is 12.9. The summed E-state index contributed by atoms with van der Waals surface area (Å²) in [5.74, 6) is 0.739. The van der Waals surface area contributed by atoms with E-state index in [9.17, 15) is 19.2 Å². The monoisotopic (exact) mass is 740 g/mol. The second-order valence-corrected chi connectivity index (χ2v) is 14.0. The summed E-state index contributed by atoms with van der Waals surface area (Å²) in [5, 5.41) is 0. The second kappa shape index (κ2) is 23.2. The lowest BCUT2D eigenvalue weighted by atomic mass is 9.76. The first-order chi connectivity index (χ1) is 25.8. The van der Waals surface area contributed by atoms with E-state index in [1.165, 1.54) is 12.8 Å². The summed E-state index contributed by atoms with van der Waals surface area (Å²) in [6.45, 7) is 5.55. The molecule has 0 heterocycles. The molecule has 12 nitrogen and oxygen atoms in total. The van der Waals surface area contributed by atoms with E-state index in [-0.39, 0.29) is 23.3 Å². The van der Waals surface area contributed by atoms with Gasteiger partial charge in [0.05, 0.1) is 24.3 Å². The Balaban J connectivity index is 1.02. The van der Waals surface area contributed by atoms with Crippen LogP contribution in [0.15, 0.2) is 48.5 Å². The molecule has 0 atom stereocenters. The molecule has 0 unspecified atom stereocenters. The Hall–Kier alpha value is -4.48. The highest BCUT2D eigenvalue weighted by Crippen LogP contribution is 2.37. The molecule has 0 aliphatic heterocycles. The summed E-state index contributed by atoms with van der Waals surface area (Å²) in [6.07, 6.45) is 13.7. The molecule has 2 saturated carbocycles. The maximum Gasteiger partial charge on any atom is 0.550 e. The molecule has 0 amide bonds. The van der Waals surface area contributed by atoms with Crippen LogP contribution in [-0.2, 0) is 29.0 Å². The molecule has 53 heavy (non-hydrogen) atoms. The van der Waals surface area contributed by atoms with Crippen molar-refractivity contribution in [2.24, 2.45) is 11.8 Å². The second-order valence-electron chi connectivity index (χ2n) is 14.0. The van der Waals surface area contributed by atoms with Crippen LogP contribution in [0.4, 0.5) is 9.59 Å². The van der Waals surface area contributed by atoms with Crippen LogP contribution in [0.2, 0.25) is 0 Å². The fraction of sp³-hybridized carbons (Fsp3) is 0.610. The first kappa shape index (κ1) is 41.3. The molecule has 0 saturated heterocycles. The van der Waals surface area contributed by atoms with Crippen molar-refractivity contribution >= 4 is 24.2 Å². The van der Waals surface area contributed by atoms with Gasteiger partial charge >= 0.3 is 24.2 Å². The third-order valence-corrected chi connectivity index (χ3v) is 9.86. The van der Waals surface area contributed by atoms with E-state index in [4.69, 9.17) is 28.7 Å². The van der Waals surface area contributed by atoms with Gasteiger partial charge in [0, 0.05) is 0 Å². The molecule has 2 aromatic rings. The molecule has 0 radical (unpaired) electrons.